The molecule has 1 saturated heterocycles. The Morgan fingerprint density at radius 3 is 2.45 bits per heavy atom. The third kappa shape index (κ3) is 5.59. The normalized spacial score (nSPS) is 14.8. The summed E-state index contributed by atoms with van der Waals surface area (Å²) in [5, 5.41) is 5.89. The Morgan fingerprint density at radius 2 is 1.83 bits per heavy atom. The molecule has 1 aromatic heterocycles. The molecule has 2 amide bonds. The summed E-state index contributed by atoms with van der Waals surface area (Å²) in [6.45, 7) is 12.1. The van der Waals surface area contributed by atoms with Crippen LogP contribution in [0.2, 0.25) is 0 Å². The zero-order valence-corrected chi connectivity index (χ0v) is 17.8. The van der Waals surface area contributed by atoms with Crippen LogP contribution in [0.3, 0.4) is 0 Å². The van der Waals surface area contributed by atoms with Crippen molar-refractivity contribution in [2.75, 3.05) is 23.3 Å². The average Bonchev–Trinajstić information content (AvgIpc) is 2.98. The fourth-order valence-electron chi connectivity index (χ4n) is 3.65. The number of hydrogen-bond acceptors (Lipinski definition) is 3. The summed E-state index contributed by atoms with van der Waals surface area (Å²) in [6, 6.07) is 11.7. The van der Waals surface area contributed by atoms with Crippen LogP contribution in [-0.4, -0.2) is 24.1 Å². The summed E-state index contributed by atoms with van der Waals surface area (Å²) in [7, 11) is 0. The highest BCUT2D eigenvalue weighted by Gasteiger charge is 2.23. The number of carbonyl (C=O) groups is 1. The second kappa shape index (κ2) is 9.12. The first-order valence-electron chi connectivity index (χ1n) is 10.4. The van der Waals surface area contributed by atoms with E-state index in [0.29, 0.717) is 5.82 Å². The maximum Gasteiger partial charge on any atom is 0.321 e. The number of amides is 2. The largest absolute Gasteiger partial charge is 0.370 e. The molecule has 1 aliphatic rings. The number of carbonyl (C=O) groups excluding carboxylic acids is 1. The molecule has 0 spiro atoms. The van der Waals surface area contributed by atoms with Crippen molar-refractivity contribution in [3.63, 3.8) is 0 Å². The van der Waals surface area contributed by atoms with Gasteiger partial charge >= 0.3 is 6.03 Å². The van der Waals surface area contributed by atoms with Crippen LogP contribution in [0.15, 0.2) is 49.2 Å². The van der Waals surface area contributed by atoms with Gasteiger partial charge < -0.3 is 10.2 Å². The third-order valence-electron chi connectivity index (χ3n) is 5.46. The molecular formula is C24H32N4O. The lowest BCUT2D eigenvalue weighted by Gasteiger charge is -2.27. The van der Waals surface area contributed by atoms with Crippen molar-refractivity contribution in [2.24, 2.45) is 0 Å². The van der Waals surface area contributed by atoms with E-state index in [2.05, 4.69) is 33.2 Å². The molecule has 0 radical (unpaired) electrons. The number of nitrogens with one attached hydrogen (secondary N) is 2. The Morgan fingerprint density at radius 1 is 1.10 bits per heavy atom. The Hall–Kier alpha value is -2.82. The number of aromatic nitrogens is 1. The molecule has 3 rings (SSSR count). The number of nitrogens with zero attached hydrogens (tertiary/aromatic N) is 2. The van der Waals surface area contributed by atoms with E-state index in [4.69, 9.17) is 0 Å². The van der Waals surface area contributed by atoms with Crippen molar-refractivity contribution in [1.29, 1.82) is 0 Å². The zero-order chi connectivity index (χ0) is 20.9. The van der Waals surface area contributed by atoms with Gasteiger partial charge in [-0.25, -0.2) is 9.78 Å². The van der Waals surface area contributed by atoms with Gasteiger partial charge in [-0.05, 0) is 62.9 Å². The van der Waals surface area contributed by atoms with Gasteiger partial charge in [-0.1, -0.05) is 43.2 Å². The molecule has 0 aliphatic carbocycles. The summed E-state index contributed by atoms with van der Waals surface area (Å²) in [4.78, 5) is 19.4. The van der Waals surface area contributed by atoms with Gasteiger partial charge in [-0.15, -0.1) is 0 Å². The standard InChI is InChI=1S/C24H32N4O/c1-18(2)19-10-9-11-20(16-19)24(3,4)27-23(29)26-22-13-12-21(17-25-22)28-14-7-5-6-8-15-28/h9-13,16-17H,1,5-8,14-15H2,2-4H3,(H2,25,26,27,29). The van der Waals surface area contributed by atoms with Crippen LogP contribution in [0, 0.1) is 0 Å². The number of urea groups is 1. The van der Waals surface area contributed by atoms with E-state index in [-0.39, 0.29) is 6.03 Å². The highest BCUT2D eigenvalue weighted by Crippen LogP contribution is 2.24. The van der Waals surface area contributed by atoms with E-state index < -0.39 is 5.54 Å². The highest BCUT2D eigenvalue weighted by molar-refractivity contribution is 5.89. The van der Waals surface area contributed by atoms with Crippen LogP contribution < -0.4 is 15.5 Å². The highest BCUT2D eigenvalue weighted by atomic mass is 16.2. The van der Waals surface area contributed by atoms with E-state index in [1.165, 1.54) is 25.7 Å². The molecule has 2 heterocycles. The number of benzene rings is 1. The van der Waals surface area contributed by atoms with Crippen LogP contribution in [0.5, 0.6) is 0 Å². The fourth-order valence-corrected chi connectivity index (χ4v) is 3.65. The third-order valence-corrected chi connectivity index (χ3v) is 5.46. The monoisotopic (exact) mass is 392 g/mol. The van der Waals surface area contributed by atoms with Crippen molar-refractivity contribution >= 4 is 23.1 Å². The van der Waals surface area contributed by atoms with Crippen molar-refractivity contribution in [1.82, 2.24) is 10.3 Å². The summed E-state index contributed by atoms with van der Waals surface area (Å²) in [5.74, 6) is 0.549. The minimum atomic E-state index is -0.526. The van der Waals surface area contributed by atoms with Crippen LogP contribution in [0.1, 0.15) is 57.6 Å². The van der Waals surface area contributed by atoms with Crippen molar-refractivity contribution in [3.8, 4) is 0 Å². The molecule has 1 aromatic carbocycles. The topological polar surface area (TPSA) is 57.3 Å². The first kappa shape index (κ1) is 20.9. The molecule has 5 nitrogen and oxygen atoms in total. The van der Waals surface area contributed by atoms with E-state index in [9.17, 15) is 4.79 Å². The summed E-state index contributed by atoms with van der Waals surface area (Å²) in [5.41, 5.74) is 3.69. The second-order valence-electron chi connectivity index (χ2n) is 8.37. The van der Waals surface area contributed by atoms with E-state index >= 15 is 0 Å². The lowest BCUT2D eigenvalue weighted by molar-refractivity contribution is 0.242. The minimum absolute atomic E-state index is 0.272. The van der Waals surface area contributed by atoms with Crippen LogP contribution in [0.25, 0.3) is 5.57 Å². The van der Waals surface area contributed by atoms with Crippen molar-refractivity contribution in [3.05, 3.63) is 60.3 Å². The summed E-state index contributed by atoms with van der Waals surface area (Å²) < 4.78 is 0. The number of allylic oxidation sites excluding steroid dienone is 1. The Bertz CT molecular complexity index is 849. The molecule has 2 N–H and O–H groups in total. The number of pyridine rings is 1. The average molecular weight is 393 g/mol. The van der Waals surface area contributed by atoms with Gasteiger partial charge in [-0.2, -0.15) is 0 Å². The fraction of sp³-hybridized carbons (Fsp3) is 0.417. The first-order chi connectivity index (χ1) is 13.8. The number of anilines is 2. The van der Waals surface area contributed by atoms with Crippen LogP contribution in [-0.2, 0) is 5.54 Å². The Kier molecular flexibility index (Phi) is 6.57. The molecule has 29 heavy (non-hydrogen) atoms. The second-order valence-corrected chi connectivity index (χ2v) is 8.37. The van der Waals surface area contributed by atoms with E-state index in [1.54, 1.807) is 0 Å². The molecule has 0 saturated carbocycles. The van der Waals surface area contributed by atoms with E-state index in [1.807, 2.05) is 57.3 Å². The number of rotatable bonds is 5. The zero-order valence-electron chi connectivity index (χ0n) is 17.8. The minimum Gasteiger partial charge on any atom is -0.370 e. The first-order valence-corrected chi connectivity index (χ1v) is 10.4. The predicted molar refractivity (Wildman–Crippen MR) is 121 cm³/mol. The van der Waals surface area contributed by atoms with Gasteiger partial charge in [0.05, 0.1) is 17.4 Å². The van der Waals surface area contributed by atoms with Gasteiger partial charge in [0.15, 0.2) is 0 Å². The lowest BCUT2D eigenvalue weighted by Crippen LogP contribution is -2.43. The molecule has 0 unspecified atom stereocenters. The predicted octanol–water partition coefficient (Wildman–Crippen LogP) is 5.55. The lowest BCUT2D eigenvalue weighted by atomic mass is 9.92. The maximum absolute atomic E-state index is 12.6. The van der Waals surface area contributed by atoms with Gasteiger partial charge in [0.1, 0.15) is 5.82 Å². The van der Waals surface area contributed by atoms with Gasteiger partial charge in [0.25, 0.3) is 0 Å². The van der Waals surface area contributed by atoms with Crippen molar-refractivity contribution < 1.29 is 4.79 Å². The molecule has 5 heteroatoms. The van der Waals surface area contributed by atoms with Crippen LogP contribution >= 0.6 is 0 Å². The van der Waals surface area contributed by atoms with E-state index in [0.717, 1.165) is 35.5 Å². The molecule has 154 valence electrons. The molecule has 1 fully saturated rings. The molecule has 0 atom stereocenters. The number of hydrogen-bond donors (Lipinski definition) is 2. The summed E-state index contributed by atoms with van der Waals surface area (Å²) in [6.07, 6.45) is 6.90. The molecule has 1 aliphatic heterocycles. The molecule has 2 aromatic rings. The van der Waals surface area contributed by atoms with Crippen LogP contribution in [0.4, 0.5) is 16.3 Å². The van der Waals surface area contributed by atoms with Gasteiger partial charge in [0.2, 0.25) is 0 Å². The van der Waals surface area contributed by atoms with Gasteiger partial charge in [0, 0.05) is 13.1 Å². The smallest absolute Gasteiger partial charge is 0.321 e. The summed E-state index contributed by atoms with van der Waals surface area (Å²) >= 11 is 0. The van der Waals surface area contributed by atoms with Gasteiger partial charge in [-0.3, -0.25) is 5.32 Å². The maximum atomic E-state index is 12.6. The SMILES string of the molecule is C=C(C)c1cccc(C(C)(C)NC(=O)Nc2ccc(N3CCCCCC3)cn2)c1. The molecular weight excluding hydrogens is 360 g/mol. The quantitative estimate of drug-likeness (QED) is 0.701. The van der Waals surface area contributed by atoms with Crippen molar-refractivity contribution in [2.45, 2.75) is 52.0 Å². The molecule has 0 bridgehead atoms. The Balaban J connectivity index is 1.62. The Labute approximate surface area is 174 Å².